The van der Waals surface area contributed by atoms with Crippen molar-refractivity contribution in [3.8, 4) is 11.5 Å². The zero-order valence-electron chi connectivity index (χ0n) is 16.4. The van der Waals surface area contributed by atoms with Gasteiger partial charge in [-0.1, -0.05) is 39.3 Å². The van der Waals surface area contributed by atoms with Crippen LogP contribution in [0.25, 0.3) is 0 Å². The van der Waals surface area contributed by atoms with Crippen LogP contribution in [-0.2, 0) is 10.2 Å². The summed E-state index contributed by atoms with van der Waals surface area (Å²) in [5.74, 6) is 1.85. The van der Waals surface area contributed by atoms with Crippen LogP contribution in [0.15, 0.2) is 29.8 Å². The van der Waals surface area contributed by atoms with Crippen molar-refractivity contribution in [2.75, 3.05) is 13.2 Å². The van der Waals surface area contributed by atoms with Crippen molar-refractivity contribution in [2.24, 2.45) is 0 Å². The highest BCUT2D eigenvalue weighted by atomic mass is 16.6. The van der Waals surface area contributed by atoms with Crippen LogP contribution in [0.2, 0.25) is 0 Å². The van der Waals surface area contributed by atoms with Gasteiger partial charge in [-0.3, -0.25) is 0 Å². The van der Waals surface area contributed by atoms with E-state index in [0.717, 1.165) is 43.8 Å². The van der Waals surface area contributed by atoms with Crippen molar-refractivity contribution < 1.29 is 14.2 Å². The summed E-state index contributed by atoms with van der Waals surface area (Å²) in [5.41, 5.74) is 2.95. The van der Waals surface area contributed by atoms with E-state index in [1.165, 1.54) is 11.1 Å². The zero-order valence-corrected chi connectivity index (χ0v) is 16.4. The monoisotopic (exact) mass is 344 g/mol. The number of rotatable bonds is 8. The first kappa shape index (κ1) is 18.3. The average Bonchev–Trinajstić information content (AvgIpc) is 3.16. The third-order valence-electron chi connectivity index (χ3n) is 5.81. The maximum Gasteiger partial charge on any atom is 0.126 e. The minimum Gasteiger partial charge on any atom is -0.492 e. The van der Waals surface area contributed by atoms with Crippen LogP contribution in [0.4, 0.5) is 0 Å². The Morgan fingerprint density at radius 1 is 1.28 bits per heavy atom. The van der Waals surface area contributed by atoms with Gasteiger partial charge in [0.2, 0.25) is 0 Å². The highest BCUT2D eigenvalue weighted by Crippen LogP contribution is 2.42. The summed E-state index contributed by atoms with van der Waals surface area (Å²) in [5, 5.41) is 0. The van der Waals surface area contributed by atoms with Crippen LogP contribution >= 0.6 is 0 Å². The van der Waals surface area contributed by atoms with Crippen molar-refractivity contribution in [1.82, 2.24) is 0 Å². The standard InChI is InChI=1S/C22H32O3/c1-6-16(8-11-20-22(5,7-2)25-20)12-13-23-17-9-10-18-19(14-17)24-15-21(18,3)4/h9-10,12,14,20H,6-8,11,13,15H2,1-5H3. The molecule has 2 atom stereocenters. The summed E-state index contributed by atoms with van der Waals surface area (Å²) < 4.78 is 17.5. The molecule has 0 amide bonds. The molecule has 0 radical (unpaired) electrons. The van der Waals surface area contributed by atoms with Gasteiger partial charge in [0.1, 0.15) is 18.1 Å². The van der Waals surface area contributed by atoms with Crippen LogP contribution in [-0.4, -0.2) is 24.9 Å². The summed E-state index contributed by atoms with van der Waals surface area (Å²) in [6.45, 7) is 12.4. The second-order valence-electron chi connectivity index (χ2n) is 8.17. The third-order valence-corrected chi connectivity index (χ3v) is 5.81. The Bertz CT molecular complexity index is 647. The number of hydrogen-bond donors (Lipinski definition) is 0. The fourth-order valence-corrected chi connectivity index (χ4v) is 3.57. The van der Waals surface area contributed by atoms with E-state index in [0.29, 0.717) is 12.7 Å². The minimum absolute atomic E-state index is 0.0982. The van der Waals surface area contributed by atoms with Gasteiger partial charge in [0.15, 0.2) is 0 Å². The molecule has 0 bridgehead atoms. The van der Waals surface area contributed by atoms with E-state index in [9.17, 15) is 0 Å². The third kappa shape index (κ3) is 4.03. The molecule has 25 heavy (non-hydrogen) atoms. The lowest BCUT2D eigenvalue weighted by molar-refractivity contribution is 0.289. The molecule has 3 nitrogen and oxygen atoms in total. The smallest absolute Gasteiger partial charge is 0.126 e. The topological polar surface area (TPSA) is 31.0 Å². The number of epoxide rings is 1. The molecular weight excluding hydrogens is 312 g/mol. The normalized spacial score (nSPS) is 26.9. The number of hydrogen-bond acceptors (Lipinski definition) is 3. The van der Waals surface area contributed by atoms with E-state index in [2.05, 4.69) is 52.8 Å². The number of ether oxygens (including phenoxy) is 3. The molecule has 2 heterocycles. The van der Waals surface area contributed by atoms with Crippen LogP contribution in [0, 0.1) is 0 Å². The van der Waals surface area contributed by atoms with Crippen LogP contribution in [0.1, 0.15) is 65.9 Å². The molecule has 0 aliphatic carbocycles. The Hall–Kier alpha value is -1.48. The van der Waals surface area contributed by atoms with Gasteiger partial charge < -0.3 is 14.2 Å². The van der Waals surface area contributed by atoms with Gasteiger partial charge in [-0.05, 0) is 44.7 Å². The van der Waals surface area contributed by atoms with E-state index in [-0.39, 0.29) is 11.0 Å². The van der Waals surface area contributed by atoms with Crippen molar-refractivity contribution >= 4 is 0 Å². The molecule has 0 aromatic heterocycles. The molecule has 1 aromatic carbocycles. The molecule has 0 saturated carbocycles. The number of allylic oxidation sites excluding steroid dienone is 1. The summed E-state index contributed by atoms with van der Waals surface area (Å²) in [4.78, 5) is 0. The van der Waals surface area contributed by atoms with Gasteiger partial charge in [0.05, 0.1) is 18.3 Å². The molecule has 3 rings (SSSR count). The molecule has 3 heteroatoms. The molecule has 138 valence electrons. The van der Waals surface area contributed by atoms with Crippen molar-refractivity contribution in [2.45, 2.75) is 77.4 Å². The Morgan fingerprint density at radius 2 is 2.08 bits per heavy atom. The SMILES string of the molecule is CCC(=CCOc1ccc2c(c1)OCC2(C)C)CCC1OC1(C)CC. The van der Waals surface area contributed by atoms with Crippen LogP contribution in [0.5, 0.6) is 11.5 Å². The molecule has 2 unspecified atom stereocenters. The second-order valence-corrected chi connectivity index (χ2v) is 8.17. The summed E-state index contributed by atoms with van der Waals surface area (Å²) in [6.07, 6.45) is 7.05. The summed E-state index contributed by atoms with van der Waals surface area (Å²) in [6, 6.07) is 6.21. The minimum atomic E-state index is 0.0982. The highest BCUT2D eigenvalue weighted by Gasteiger charge is 2.49. The quantitative estimate of drug-likeness (QED) is 0.466. The first-order valence-electron chi connectivity index (χ1n) is 9.64. The van der Waals surface area contributed by atoms with Crippen molar-refractivity contribution in [3.63, 3.8) is 0 Å². The fraction of sp³-hybridized carbons (Fsp3) is 0.636. The zero-order chi connectivity index (χ0) is 18.1. The van der Waals surface area contributed by atoms with Gasteiger partial charge in [-0.25, -0.2) is 0 Å². The largest absolute Gasteiger partial charge is 0.492 e. The lowest BCUT2D eigenvalue weighted by Crippen LogP contribution is -2.18. The lowest BCUT2D eigenvalue weighted by atomic mass is 9.87. The first-order valence-corrected chi connectivity index (χ1v) is 9.64. The van der Waals surface area contributed by atoms with Gasteiger partial charge in [0, 0.05) is 17.0 Å². The van der Waals surface area contributed by atoms with Gasteiger partial charge in [-0.15, -0.1) is 0 Å². The van der Waals surface area contributed by atoms with Crippen LogP contribution < -0.4 is 9.47 Å². The van der Waals surface area contributed by atoms with Gasteiger partial charge in [0.25, 0.3) is 0 Å². The predicted molar refractivity (Wildman–Crippen MR) is 102 cm³/mol. The second kappa shape index (κ2) is 7.03. The van der Waals surface area contributed by atoms with Crippen LogP contribution in [0.3, 0.4) is 0 Å². The Balaban J connectivity index is 1.50. The first-order chi connectivity index (χ1) is 11.9. The molecule has 2 aliphatic rings. The van der Waals surface area contributed by atoms with E-state index in [1.54, 1.807) is 0 Å². The summed E-state index contributed by atoms with van der Waals surface area (Å²) >= 11 is 0. The Labute approximate surface area is 152 Å². The van der Waals surface area contributed by atoms with Gasteiger partial charge >= 0.3 is 0 Å². The average molecular weight is 344 g/mol. The molecular formula is C22H32O3. The highest BCUT2D eigenvalue weighted by molar-refractivity contribution is 5.47. The molecule has 0 N–H and O–H groups in total. The van der Waals surface area contributed by atoms with Crippen molar-refractivity contribution in [1.29, 1.82) is 0 Å². The van der Waals surface area contributed by atoms with E-state index >= 15 is 0 Å². The van der Waals surface area contributed by atoms with E-state index in [1.807, 2.05) is 6.07 Å². The Kier molecular flexibility index (Phi) is 5.15. The molecule has 0 spiro atoms. The maximum absolute atomic E-state index is 5.93. The maximum atomic E-state index is 5.93. The van der Waals surface area contributed by atoms with Gasteiger partial charge in [-0.2, -0.15) is 0 Å². The molecule has 2 aliphatic heterocycles. The molecule has 1 saturated heterocycles. The molecule has 1 fully saturated rings. The number of benzene rings is 1. The molecule has 1 aromatic rings. The fourth-order valence-electron chi connectivity index (χ4n) is 3.57. The predicted octanol–water partition coefficient (Wildman–Crippen LogP) is 5.42. The van der Waals surface area contributed by atoms with E-state index in [4.69, 9.17) is 14.2 Å². The Morgan fingerprint density at radius 3 is 2.76 bits per heavy atom. The van der Waals surface area contributed by atoms with E-state index < -0.39 is 0 Å². The number of fused-ring (bicyclic) bond motifs is 1. The van der Waals surface area contributed by atoms with Crippen molar-refractivity contribution in [3.05, 3.63) is 35.4 Å². The summed E-state index contributed by atoms with van der Waals surface area (Å²) in [7, 11) is 0. The lowest BCUT2D eigenvalue weighted by Gasteiger charge is -2.15.